The summed E-state index contributed by atoms with van der Waals surface area (Å²) in [5.74, 6) is 3.11. The van der Waals surface area contributed by atoms with Crippen LogP contribution in [-0.2, 0) is 0 Å². The van der Waals surface area contributed by atoms with Gasteiger partial charge >= 0.3 is 0 Å². The molecule has 13 heavy (non-hydrogen) atoms. The summed E-state index contributed by atoms with van der Waals surface area (Å²) in [6.45, 7) is 5.97. The highest BCUT2D eigenvalue weighted by atomic mass is 16.4. The van der Waals surface area contributed by atoms with Crippen molar-refractivity contribution in [3.8, 4) is 0 Å². The number of allylic oxidation sites excluding steroid dienone is 2. The Kier molecular flexibility index (Phi) is 1.98. The lowest BCUT2D eigenvalue weighted by Crippen LogP contribution is -1.84. The molecule has 2 unspecified atom stereocenters. The zero-order valence-corrected chi connectivity index (χ0v) is 8.37. The van der Waals surface area contributed by atoms with Gasteiger partial charge in [-0.05, 0) is 26.2 Å². The van der Waals surface area contributed by atoms with Crippen LogP contribution >= 0.6 is 0 Å². The van der Waals surface area contributed by atoms with Gasteiger partial charge in [-0.15, -0.1) is 0 Å². The molecule has 0 spiro atoms. The first-order chi connectivity index (χ1) is 6.22. The second kappa shape index (κ2) is 3.02. The minimum Gasteiger partial charge on any atom is -0.446 e. The van der Waals surface area contributed by atoms with Crippen molar-refractivity contribution < 1.29 is 4.42 Å². The lowest BCUT2D eigenvalue weighted by Gasteiger charge is -1.90. The quantitative estimate of drug-likeness (QED) is 0.649. The van der Waals surface area contributed by atoms with Crippen LogP contribution in [0.3, 0.4) is 0 Å². The molecule has 1 heterocycles. The van der Waals surface area contributed by atoms with Crippen molar-refractivity contribution in [2.45, 2.75) is 33.1 Å². The predicted molar refractivity (Wildman–Crippen MR) is 51.6 cm³/mol. The van der Waals surface area contributed by atoms with Gasteiger partial charge in [0.2, 0.25) is 0 Å². The molecule has 1 aromatic heterocycles. The first-order valence-electron chi connectivity index (χ1n) is 4.79. The molecule has 1 aliphatic carbocycles. The van der Waals surface area contributed by atoms with Crippen LogP contribution in [0.4, 0.5) is 0 Å². The summed E-state index contributed by atoms with van der Waals surface area (Å²) in [7, 11) is 0. The fraction of sp³-hybridized carbons (Fsp3) is 0.545. The molecule has 1 aliphatic rings. The van der Waals surface area contributed by atoms with Crippen LogP contribution in [-0.4, -0.2) is 4.98 Å². The highest BCUT2D eigenvalue weighted by Crippen LogP contribution is 2.48. The number of aryl methyl sites for hydroxylation is 2. The Balaban J connectivity index is 2.15. The molecule has 0 aliphatic heterocycles. The van der Waals surface area contributed by atoms with Crippen LogP contribution in [0.25, 0.3) is 0 Å². The minimum absolute atomic E-state index is 0.619. The Hall–Kier alpha value is -1.05. The van der Waals surface area contributed by atoms with E-state index in [2.05, 4.69) is 24.1 Å². The second-order valence-corrected chi connectivity index (χ2v) is 3.71. The zero-order chi connectivity index (χ0) is 9.42. The molecule has 0 saturated heterocycles. The second-order valence-electron chi connectivity index (χ2n) is 3.71. The lowest BCUT2D eigenvalue weighted by atomic mass is 10.2. The molecule has 0 amide bonds. The fourth-order valence-electron chi connectivity index (χ4n) is 1.88. The summed E-state index contributed by atoms with van der Waals surface area (Å²) < 4.78 is 5.41. The summed E-state index contributed by atoms with van der Waals surface area (Å²) in [4.78, 5) is 4.40. The van der Waals surface area contributed by atoms with Crippen LogP contribution in [0.5, 0.6) is 0 Å². The van der Waals surface area contributed by atoms with Gasteiger partial charge < -0.3 is 4.42 Å². The maximum absolute atomic E-state index is 5.41. The SMILES string of the molecule is C/C=C\C1CC1c1nc(C)oc1C. The third-order valence-corrected chi connectivity index (χ3v) is 2.57. The van der Waals surface area contributed by atoms with E-state index in [0.717, 1.165) is 11.7 Å². The summed E-state index contributed by atoms with van der Waals surface area (Å²) in [5, 5.41) is 0. The average Bonchev–Trinajstić information content (AvgIpc) is 2.73. The van der Waals surface area contributed by atoms with Gasteiger partial charge in [0.15, 0.2) is 5.89 Å². The molecule has 1 fully saturated rings. The van der Waals surface area contributed by atoms with Crippen molar-refractivity contribution in [2.75, 3.05) is 0 Å². The first-order valence-corrected chi connectivity index (χ1v) is 4.79. The van der Waals surface area contributed by atoms with Gasteiger partial charge in [0.1, 0.15) is 5.76 Å². The maximum atomic E-state index is 5.41. The number of hydrogen-bond donors (Lipinski definition) is 0. The topological polar surface area (TPSA) is 26.0 Å². The molecule has 2 rings (SSSR count). The standard InChI is InChI=1S/C11H15NO/c1-4-5-9-6-10(9)11-7(2)13-8(3)12-11/h4-5,9-10H,6H2,1-3H3/b5-4-. The molecule has 0 bridgehead atoms. The van der Waals surface area contributed by atoms with Crippen molar-refractivity contribution >= 4 is 0 Å². The Bertz CT molecular complexity index is 338. The zero-order valence-electron chi connectivity index (χ0n) is 8.37. The number of rotatable bonds is 2. The van der Waals surface area contributed by atoms with E-state index in [1.165, 1.54) is 12.1 Å². The van der Waals surface area contributed by atoms with Crippen LogP contribution in [0.2, 0.25) is 0 Å². The Morgan fingerprint density at radius 3 is 2.77 bits per heavy atom. The molecule has 0 N–H and O–H groups in total. The first kappa shape index (κ1) is 8.54. The third-order valence-electron chi connectivity index (χ3n) is 2.57. The largest absolute Gasteiger partial charge is 0.446 e. The molecule has 2 heteroatoms. The maximum Gasteiger partial charge on any atom is 0.191 e. The van der Waals surface area contributed by atoms with E-state index in [9.17, 15) is 0 Å². The van der Waals surface area contributed by atoms with Crippen LogP contribution < -0.4 is 0 Å². The van der Waals surface area contributed by atoms with E-state index in [4.69, 9.17) is 4.42 Å². The van der Waals surface area contributed by atoms with Gasteiger partial charge in [-0.1, -0.05) is 12.2 Å². The van der Waals surface area contributed by atoms with Crippen LogP contribution in [0.1, 0.15) is 36.6 Å². The van der Waals surface area contributed by atoms with Gasteiger partial charge in [0.05, 0.1) is 5.69 Å². The van der Waals surface area contributed by atoms with Gasteiger partial charge in [-0.2, -0.15) is 0 Å². The summed E-state index contributed by atoms with van der Waals surface area (Å²) >= 11 is 0. The summed E-state index contributed by atoms with van der Waals surface area (Å²) in [6, 6.07) is 0. The average molecular weight is 177 g/mol. The number of aromatic nitrogens is 1. The Morgan fingerprint density at radius 2 is 2.23 bits per heavy atom. The van der Waals surface area contributed by atoms with Gasteiger partial charge in [-0.25, -0.2) is 4.98 Å². The van der Waals surface area contributed by atoms with Gasteiger partial charge in [0.25, 0.3) is 0 Å². The normalized spacial score (nSPS) is 27.0. The molecular weight excluding hydrogens is 162 g/mol. The van der Waals surface area contributed by atoms with E-state index in [-0.39, 0.29) is 0 Å². The molecule has 2 atom stereocenters. The molecule has 1 aromatic rings. The number of oxazole rings is 1. The monoisotopic (exact) mass is 177 g/mol. The highest BCUT2D eigenvalue weighted by Gasteiger charge is 2.39. The fourth-order valence-corrected chi connectivity index (χ4v) is 1.88. The lowest BCUT2D eigenvalue weighted by molar-refractivity contribution is 0.492. The molecule has 70 valence electrons. The highest BCUT2D eigenvalue weighted by molar-refractivity contribution is 5.24. The Morgan fingerprint density at radius 1 is 1.46 bits per heavy atom. The molecular formula is C11H15NO. The van der Waals surface area contributed by atoms with Crippen molar-refractivity contribution in [3.63, 3.8) is 0 Å². The van der Waals surface area contributed by atoms with Crippen molar-refractivity contribution in [1.82, 2.24) is 4.98 Å². The van der Waals surface area contributed by atoms with Crippen LogP contribution in [0, 0.1) is 19.8 Å². The van der Waals surface area contributed by atoms with E-state index in [0.29, 0.717) is 11.8 Å². The van der Waals surface area contributed by atoms with Crippen molar-refractivity contribution in [3.05, 3.63) is 29.5 Å². The summed E-state index contributed by atoms with van der Waals surface area (Å²) in [6.07, 6.45) is 5.61. The van der Waals surface area contributed by atoms with Gasteiger partial charge in [-0.3, -0.25) is 0 Å². The van der Waals surface area contributed by atoms with E-state index >= 15 is 0 Å². The molecule has 1 saturated carbocycles. The van der Waals surface area contributed by atoms with Crippen LogP contribution in [0.15, 0.2) is 16.6 Å². The summed E-state index contributed by atoms with van der Waals surface area (Å²) in [5.41, 5.74) is 1.17. The molecule has 0 aromatic carbocycles. The minimum atomic E-state index is 0.619. The number of nitrogens with zero attached hydrogens (tertiary/aromatic N) is 1. The predicted octanol–water partition coefficient (Wildman–Crippen LogP) is 2.97. The van der Waals surface area contributed by atoms with Gasteiger partial charge in [0, 0.05) is 12.8 Å². The van der Waals surface area contributed by atoms with E-state index in [1.807, 2.05) is 13.8 Å². The molecule has 2 nitrogen and oxygen atoms in total. The number of hydrogen-bond acceptors (Lipinski definition) is 2. The van der Waals surface area contributed by atoms with Crippen molar-refractivity contribution in [2.24, 2.45) is 5.92 Å². The van der Waals surface area contributed by atoms with E-state index < -0.39 is 0 Å². The third kappa shape index (κ3) is 1.53. The molecule has 0 radical (unpaired) electrons. The smallest absolute Gasteiger partial charge is 0.191 e. The van der Waals surface area contributed by atoms with E-state index in [1.54, 1.807) is 0 Å². The Labute approximate surface area is 78.7 Å². The van der Waals surface area contributed by atoms with Crippen molar-refractivity contribution in [1.29, 1.82) is 0 Å².